The van der Waals surface area contributed by atoms with E-state index in [4.69, 9.17) is 16.6 Å². The molecule has 12 heteroatoms. The highest BCUT2D eigenvalue weighted by molar-refractivity contribution is 5.94. The Morgan fingerprint density at radius 3 is 2.25 bits per heavy atom. The number of unbranched alkanes of at least 4 members (excludes halogenated alkanes) is 1. The van der Waals surface area contributed by atoms with E-state index in [0.717, 1.165) is 5.56 Å². The minimum absolute atomic E-state index is 0.132. The van der Waals surface area contributed by atoms with E-state index in [0.29, 0.717) is 25.1 Å². The molecule has 0 saturated carbocycles. The molecule has 0 spiro atoms. The van der Waals surface area contributed by atoms with Crippen LogP contribution in [0.25, 0.3) is 0 Å². The minimum Gasteiger partial charge on any atom is -0.480 e. The summed E-state index contributed by atoms with van der Waals surface area (Å²) in [6, 6.07) is 4.91. The van der Waals surface area contributed by atoms with Crippen molar-refractivity contribution >= 4 is 23.7 Å². The molecule has 2 aromatic rings. The minimum atomic E-state index is -1.20. The predicted octanol–water partition coefficient (Wildman–Crippen LogP) is -0.790. The normalized spacial score (nSPS) is 14.2. The van der Waals surface area contributed by atoms with Crippen LogP contribution >= 0.6 is 0 Å². The molecule has 0 aliphatic rings. The van der Waals surface area contributed by atoms with Gasteiger partial charge in [-0.15, -0.1) is 0 Å². The number of carbonyl (C=O) groups excluding carboxylic acids is 3. The Morgan fingerprint density at radius 1 is 0.972 bits per heavy atom. The fraction of sp³-hybridized carbons (Fsp3) is 0.458. The molecule has 1 aromatic heterocycles. The summed E-state index contributed by atoms with van der Waals surface area (Å²) < 4.78 is 0. The Bertz CT molecular complexity index is 984. The third-order valence-electron chi connectivity index (χ3n) is 5.56. The molecule has 0 saturated heterocycles. The van der Waals surface area contributed by atoms with Gasteiger partial charge in [0.15, 0.2) is 0 Å². The zero-order chi connectivity index (χ0) is 26.5. The van der Waals surface area contributed by atoms with E-state index in [2.05, 4.69) is 25.9 Å². The lowest BCUT2D eigenvalue weighted by Gasteiger charge is -2.25. The summed E-state index contributed by atoms with van der Waals surface area (Å²) in [5, 5.41) is 16.9. The number of hydrogen-bond donors (Lipinski definition) is 7. The molecule has 9 N–H and O–H groups in total. The largest absolute Gasteiger partial charge is 0.480 e. The zero-order valence-electron chi connectivity index (χ0n) is 20.3. The van der Waals surface area contributed by atoms with Crippen LogP contribution in [0.5, 0.6) is 0 Å². The van der Waals surface area contributed by atoms with Crippen molar-refractivity contribution in [1.82, 2.24) is 25.9 Å². The summed E-state index contributed by atoms with van der Waals surface area (Å²) in [6.45, 7) is 1.76. The van der Waals surface area contributed by atoms with E-state index in [9.17, 15) is 19.2 Å². The number of aromatic amines is 1. The SMILES string of the molecule is CC(NC(=O)C(Cc1ccccc1)NC(=O)C(CCCCN)NC(=O)C(N)Cc1cnc[nH]1)C(=O)O. The first kappa shape index (κ1) is 28.5. The Balaban J connectivity index is 2.14. The summed E-state index contributed by atoms with van der Waals surface area (Å²) in [6.07, 6.45) is 4.87. The molecule has 196 valence electrons. The van der Waals surface area contributed by atoms with Crippen molar-refractivity contribution in [2.45, 2.75) is 63.2 Å². The first-order valence-electron chi connectivity index (χ1n) is 11.8. The molecule has 0 aliphatic heterocycles. The molecule has 12 nitrogen and oxygen atoms in total. The number of rotatable bonds is 15. The first-order chi connectivity index (χ1) is 17.2. The van der Waals surface area contributed by atoms with E-state index < -0.39 is 47.9 Å². The summed E-state index contributed by atoms with van der Waals surface area (Å²) in [5.74, 6) is -2.95. The van der Waals surface area contributed by atoms with Crippen LogP contribution in [0.4, 0.5) is 0 Å². The van der Waals surface area contributed by atoms with Crippen molar-refractivity contribution in [3.63, 3.8) is 0 Å². The van der Waals surface area contributed by atoms with E-state index in [1.165, 1.54) is 13.3 Å². The first-order valence-corrected chi connectivity index (χ1v) is 11.8. The summed E-state index contributed by atoms with van der Waals surface area (Å²) >= 11 is 0. The maximum atomic E-state index is 13.2. The number of carboxylic acids is 1. The quantitative estimate of drug-likeness (QED) is 0.154. The lowest BCUT2D eigenvalue weighted by molar-refractivity contribution is -0.141. The van der Waals surface area contributed by atoms with Gasteiger partial charge in [-0.25, -0.2) is 4.98 Å². The number of nitrogens with zero attached hydrogens (tertiary/aromatic N) is 1. The van der Waals surface area contributed by atoms with Gasteiger partial charge >= 0.3 is 5.97 Å². The van der Waals surface area contributed by atoms with E-state index in [1.807, 2.05) is 6.07 Å². The van der Waals surface area contributed by atoms with Gasteiger partial charge in [0.1, 0.15) is 18.1 Å². The molecule has 4 atom stereocenters. The van der Waals surface area contributed by atoms with Gasteiger partial charge in [0.25, 0.3) is 0 Å². The maximum absolute atomic E-state index is 13.2. The fourth-order valence-electron chi connectivity index (χ4n) is 3.47. The molecule has 0 bridgehead atoms. The zero-order valence-corrected chi connectivity index (χ0v) is 20.3. The third kappa shape index (κ3) is 9.47. The smallest absolute Gasteiger partial charge is 0.325 e. The standard InChI is InChI=1S/C24H35N7O5/c1-15(24(35)36)29-23(34)20(11-16-7-3-2-4-8-16)31-22(33)19(9-5-6-10-25)30-21(32)18(26)12-17-13-27-14-28-17/h2-4,7-8,13-15,18-20H,5-6,9-12,25-26H2,1H3,(H,27,28)(H,29,34)(H,30,32)(H,31,33)(H,35,36). The number of hydrogen-bond acceptors (Lipinski definition) is 7. The molecule has 1 aromatic carbocycles. The molecule has 4 unspecified atom stereocenters. The van der Waals surface area contributed by atoms with Gasteiger partial charge < -0.3 is 37.5 Å². The second-order valence-corrected chi connectivity index (χ2v) is 8.55. The lowest BCUT2D eigenvalue weighted by atomic mass is 10.0. The van der Waals surface area contributed by atoms with Crippen LogP contribution in [-0.4, -0.2) is 69.5 Å². The van der Waals surface area contributed by atoms with Crippen LogP contribution < -0.4 is 27.4 Å². The summed E-state index contributed by atoms with van der Waals surface area (Å²) in [5.41, 5.74) is 13.0. The number of aliphatic carboxylic acids is 1. The van der Waals surface area contributed by atoms with Crippen LogP contribution in [0.1, 0.15) is 37.4 Å². The number of carbonyl (C=O) groups is 4. The highest BCUT2D eigenvalue weighted by Gasteiger charge is 2.29. The van der Waals surface area contributed by atoms with E-state index >= 15 is 0 Å². The van der Waals surface area contributed by atoms with Crippen molar-refractivity contribution in [2.24, 2.45) is 11.5 Å². The highest BCUT2D eigenvalue weighted by Crippen LogP contribution is 2.07. The number of benzene rings is 1. The van der Waals surface area contributed by atoms with Gasteiger partial charge in [-0.2, -0.15) is 0 Å². The van der Waals surface area contributed by atoms with Crippen LogP contribution in [0, 0.1) is 0 Å². The monoisotopic (exact) mass is 501 g/mol. The number of H-pyrrole nitrogens is 1. The average Bonchev–Trinajstić information content (AvgIpc) is 3.36. The molecule has 36 heavy (non-hydrogen) atoms. The average molecular weight is 502 g/mol. The molecule has 2 rings (SSSR count). The Labute approximate surface area is 209 Å². The number of nitrogens with two attached hydrogens (primary N) is 2. The second-order valence-electron chi connectivity index (χ2n) is 8.55. The maximum Gasteiger partial charge on any atom is 0.325 e. The van der Waals surface area contributed by atoms with Gasteiger partial charge in [0.05, 0.1) is 12.4 Å². The van der Waals surface area contributed by atoms with Crippen molar-refractivity contribution in [2.75, 3.05) is 6.54 Å². The van der Waals surface area contributed by atoms with Crippen LogP contribution in [0.3, 0.4) is 0 Å². The van der Waals surface area contributed by atoms with Crippen molar-refractivity contribution < 1.29 is 24.3 Å². The number of aromatic nitrogens is 2. The molecule has 0 radical (unpaired) electrons. The molecule has 0 fully saturated rings. The summed E-state index contributed by atoms with van der Waals surface area (Å²) in [7, 11) is 0. The Kier molecular flexibility index (Phi) is 11.5. The fourth-order valence-corrected chi connectivity index (χ4v) is 3.47. The topological polar surface area (TPSA) is 205 Å². The predicted molar refractivity (Wildman–Crippen MR) is 132 cm³/mol. The van der Waals surface area contributed by atoms with Gasteiger partial charge in [-0.05, 0) is 38.3 Å². The highest BCUT2D eigenvalue weighted by atomic mass is 16.4. The summed E-state index contributed by atoms with van der Waals surface area (Å²) in [4.78, 5) is 56.8. The van der Waals surface area contributed by atoms with Gasteiger partial charge in [0.2, 0.25) is 17.7 Å². The van der Waals surface area contributed by atoms with Crippen molar-refractivity contribution in [3.05, 3.63) is 54.1 Å². The molecular weight excluding hydrogens is 466 g/mol. The number of amides is 3. The molecular formula is C24H35N7O5. The van der Waals surface area contributed by atoms with Crippen LogP contribution in [-0.2, 0) is 32.0 Å². The number of carboxylic acid groups (broad SMARTS) is 1. The number of nitrogens with one attached hydrogen (secondary N) is 4. The lowest BCUT2D eigenvalue weighted by Crippen LogP contribution is -2.57. The Morgan fingerprint density at radius 2 is 1.64 bits per heavy atom. The van der Waals surface area contributed by atoms with Crippen molar-refractivity contribution in [3.8, 4) is 0 Å². The molecule has 3 amide bonds. The third-order valence-corrected chi connectivity index (χ3v) is 5.56. The van der Waals surface area contributed by atoms with Gasteiger partial charge in [-0.1, -0.05) is 30.3 Å². The van der Waals surface area contributed by atoms with Gasteiger partial charge in [0, 0.05) is 24.7 Å². The number of imidazole rings is 1. The van der Waals surface area contributed by atoms with Gasteiger partial charge in [-0.3, -0.25) is 19.2 Å². The van der Waals surface area contributed by atoms with E-state index in [-0.39, 0.29) is 19.3 Å². The second kappa shape index (κ2) is 14.6. The molecule has 1 heterocycles. The van der Waals surface area contributed by atoms with Crippen LogP contribution in [0.15, 0.2) is 42.9 Å². The molecule has 0 aliphatic carbocycles. The van der Waals surface area contributed by atoms with Crippen molar-refractivity contribution in [1.29, 1.82) is 0 Å². The van der Waals surface area contributed by atoms with E-state index in [1.54, 1.807) is 30.5 Å². The van der Waals surface area contributed by atoms with Crippen LogP contribution in [0.2, 0.25) is 0 Å². The Hall–Kier alpha value is -3.77.